The van der Waals surface area contributed by atoms with Crippen LogP contribution in [0.5, 0.6) is 0 Å². The number of amides is 1. The fourth-order valence-electron chi connectivity index (χ4n) is 1.12. The van der Waals surface area contributed by atoms with Crippen LogP contribution in [-0.4, -0.2) is 33.0 Å². The number of hydrogen-bond acceptors (Lipinski definition) is 5. The Kier molecular flexibility index (Phi) is 4.85. The van der Waals surface area contributed by atoms with E-state index in [1.807, 2.05) is 0 Å². The Morgan fingerprint density at radius 3 is 2.67 bits per heavy atom. The molecule has 0 saturated heterocycles. The summed E-state index contributed by atoms with van der Waals surface area (Å²) < 4.78 is 25.9. The lowest BCUT2D eigenvalue weighted by atomic mass is 10.1. The second kappa shape index (κ2) is 5.79. The van der Waals surface area contributed by atoms with Crippen molar-refractivity contribution in [1.82, 2.24) is 10.0 Å². The first-order chi connectivity index (χ1) is 8.27. The summed E-state index contributed by atoms with van der Waals surface area (Å²) in [5, 5.41) is 4.30. The van der Waals surface area contributed by atoms with Crippen LogP contribution in [-0.2, 0) is 14.8 Å². The molecule has 18 heavy (non-hydrogen) atoms. The lowest BCUT2D eigenvalue weighted by Gasteiger charge is -2.24. The van der Waals surface area contributed by atoms with Crippen molar-refractivity contribution in [3.8, 4) is 0 Å². The summed E-state index contributed by atoms with van der Waals surface area (Å²) in [4.78, 5) is 11.5. The third-order valence-electron chi connectivity index (χ3n) is 2.17. The number of carbonyl (C=O) groups excluding carboxylic acids is 1. The van der Waals surface area contributed by atoms with Gasteiger partial charge in [0.05, 0.1) is 6.54 Å². The standard InChI is InChI=1S/C10H17N3O3S2/c1-10(2,7-11)13-8(14)6-12-18(15,16)9-4-3-5-17-9/h3-5,12H,6-7,11H2,1-2H3,(H,13,14). The smallest absolute Gasteiger partial charge is 0.250 e. The average molecular weight is 291 g/mol. The quantitative estimate of drug-likeness (QED) is 0.680. The number of rotatable bonds is 6. The van der Waals surface area contributed by atoms with Crippen molar-refractivity contribution in [1.29, 1.82) is 0 Å². The first-order valence-electron chi connectivity index (χ1n) is 5.31. The van der Waals surface area contributed by atoms with Crippen molar-refractivity contribution >= 4 is 27.3 Å². The number of thiophene rings is 1. The number of carbonyl (C=O) groups is 1. The highest BCUT2D eigenvalue weighted by Gasteiger charge is 2.20. The fraction of sp³-hybridized carbons (Fsp3) is 0.500. The molecule has 0 bridgehead atoms. The molecular weight excluding hydrogens is 274 g/mol. The van der Waals surface area contributed by atoms with Gasteiger partial charge in [0, 0.05) is 12.1 Å². The highest BCUT2D eigenvalue weighted by Crippen LogP contribution is 2.14. The molecule has 0 radical (unpaired) electrons. The van der Waals surface area contributed by atoms with Gasteiger partial charge in [0.25, 0.3) is 10.0 Å². The largest absolute Gasteiger partial charge is 0.349 e. The third-order valence-corrected chi connectivity index (χ3v) is 4.97. The molecule has 0 aromatic carbocycles. The van der Waals surface area contributed by atoms with Crippen LogP contribution in [0.15, 0.2) is 21.7 Å². The van der Waals surface area contributed by atoms with Crippen molar-refractivity contribution in [2.75, 3.05) is 13.1 Å². The molecule has 0 aliphatic carbocycles. The number of hydrogen-bond donors (Lipinski definition) is 3. The van der Waals surface area contributed by atoms with Crippen molar-refractivity contribution in [3.63, 3.8) is 0 Å². The Morgan fingerprint density at radius 1 is 1.50 bits per heavy atom. The van der Waals surface area contributed by atoms with Crippen molar-refractivity contribution in [2.45, 2.75) is 23.6 Å². The zero-order valence-corrected chi connectivity index (χ0v) is 11.9. The topological polar surface area (TPSA) is 101 Å². The van der Waals surface area contributed by atoms with Crippen LogP contribution < -0.4 is 15.8 Å². The van der Waals surface area contributed by atoms with Crippen LogP contribution in [0.4, 0.5) is 0 Å². The molecule has 6 nitrogen and oxygen atoms in total. The second-order valence-corrected chi connectivity index (χ2v) is 7.33. The SMILES string of the molecule is CC(C)(CN)NC(=O)CNS(=O)(=O)c1cccs1. The molecule has 1 heterocycles. The Hall–Kier alpha value is -0.960. The molecule has 0 aliphatic heterocycles. The Morgan fingerprint density at radius 2 is 2.17 bits per heavy atom. The zero-order valence-electron chi connectivity index (χ0n) is 10.3. The second-order valence-electron chi connectivity index (χ2n) is 4.39. The predicted octanol–water partition coefficient (Wildman–Crippen LogP) is -0.120. The number of nitrogens with two attached hydrogens (primary N) is 1. The van der Waals surface area contributed by atoms with E-state index in [1.54, 1.807) is 25.3 Å². The molecule has 0 atom stereocenters. The zero-order chi connectivity index (χ0) is 13.8. The van der Waals surface area contributed by atoms with Gasteiger partial charge in [-0.1, -0.05) is 6.07 Å². The first-order valence-corrected chi connectivity index (χ1v) is 7.67. The summed E-state index contributed by atoms with van der Waals surface area (Å²) in [7, 11) is -3.60. The van der Waals surface area contributed by atoms with E-state index < -0.39 is 21.5 Å². The maximum atomic E-state index is 11.7. The molecule has 4 N–H and O–H groups in total. The minimum atomic E-state index is -3.60. The van der Waals surface area contributed by atoms with Crippen LogP contribution >= 0.6 is 11.3 Å². The van der Waals surface area contributed by atoms with Gasteiger partial charge in [-0.25, -0.2) is 13.1 Å². The lowest BCUT2D eigenvalue weighted by molar-refractivity contribution is -0.121. The number of nitrogens with one attached hydrogen (secondary N) is 2. The van der Waals surface area contributed by atoms with Crippen molar-refractivity contribution in [3.05, 3.63) is 17.5 Å². The molecule has 0 spiro atoms. The Labute approximate surface area is 111 Å². The van der Waals surface area contributed by atoms with Gasteiger partial charge in [0.1, 0.15) is 4.21 Å². The molecule has 1 rings (SSSR count). The molecular formula is C10H17N3O3S2. The Balaban J connectivity index is 2.54. The highest BCUT2D eigenvalue weighted by molar-refractivity contribution is 7.91. The predicted molar refractivity (Wildman–Crippen MR) is 70.8 cm³/mol. The normalized spacial score (nSPS) is 12.4. The van der Waals surface area contributed by atoms with Crippen molar-refractivity contribution < 1.29 is 13.2 Å². The van der Waals surface area contributed by atoms with E-state index in [9.17, 15) is 13.2 Å². The molecule has 8 heteroatoms. The minimum Gasteiger partial charge on any atom is -0.349 e. The van der Waals surface area contributed by atoms with E-state index in [0.717, 1.165) is 11.3 Å². The van der Waals surface area contributed by atoms with Gasteiger partial charge in [0.15, 0.2) is 0 Å². The molecule has 1 aromatic rings. The van der Waals surface area contributed by atoms with E-state index in [0.29, 0.717) is 0 Å². The molecule has 0 fully saturated rings. The minimum absolute atomic E-state index is 0.188. The molecule has 0 aliphatic rings. The van der Waals surface area contributed by atoms with Gasteiger partial charge in [-0.3, -0.25) is 4.79 Å². The van der Waals surface area contributed by atoms with Crippen LogP contribution in [0.2, 0.25) is 0 Å². The van der Waals surface area contributed by atoms with Crippen LogP contribution in [0.3, 0.4) is 0 Å². The summed E-state index contributed by atoms with van der Waals surface area (Å²) in [6, 6.07) is 3.12. The van der Waals surface area contributed by atoms with Crippen LogP contribution in [0.25, 0.3) is 0 Å². The van der Waals surface area contributed by atoms with Gasteiger partial charge in [-0.2, -0.15) is 0 Å². The Bertz CT molecular complexity index is 494. The van der Waals surface area contributed by atoms with Gasteiger partial charge in [0.2, 0.25) is 5.91 Å². The average Bonchev–Trinajstić information content (AvgIpc) is 2.80. The third kappa shape index (κ3) is 4.37. The monoisotopic (exact) mass is 291 g/mol. The number of sulfonamides is 1. The van der Waals surface area contributed by atoms with Gasteiger partial charge < -0.3 is 11.1 Å². The summed E-state index contributed by atoms with van der Waals surface area (Å²) in [5.74, 6) is -0.411. The maximum absolute atomic E-state index is 11.7. The first kappa shape index (κ1) is 15.1. The fourth-order valence-corrected chi connectivity index (χ4v) is 3.14. The van der Waals surface area contributed by atoms with E-state index >= 15 is 0 Å². The molecule has 1 amide bonds. The van der Waals surface area contributed by atoms with Crippen LogP contribution in [0, 0.1) is 0 Å². The van der Waals surface area contributed by atoms with Gasteiger partial charge in [-0.05, 0) is 25.3 Å². The maximum Gasteiger partial charge on any atom is 0.250 e. The molecule has 0 unspecified atom stereocenters. The van der Waals surface area contributed by atoms with E-state index in [2.05, 4.69) is 10.0 Å². The summed E-state index contributed by atoms with van der Waals surface area (Å²) >= 11 is 1.10. The van der Waals surface area contributed by atoms with Crippen LogP contribution in [0.1, 0.15) is 13.8 Å². The molecule has 0 saturated carbocycles. The summed E-state index contributed by atoms with van der Waals surface area (Å²) in [6.45, 7) is 3.50. The van der Waals surface area contributed by atoms with Gasteiger partial charge in [-0.15, -0.1) is 11.3 Å². The van der Waals surface area contributed by atoms with Crippen molar-refractivity contribution in [2.24, 2.45) is 5.73 Å². The summed E-state index contributed by atoms with van der Waals surface area (Å²) in [6.07, 6.45) is 0. The molecule has 102 valence electrons. The highest BCUT2D eigenvalue weighted by atomic mass is 32.2. The lowest BCUT2D eigenvalue weighted by Crippen LogP contribution is -2.51. The van der Waals surface area contributed by atoms with E-state index in [1.165, 1.54) is 6.07 Å². The molecule has 1 aromatic heterocycles. The van der Waals surface area contributed by atoms with E-state index in [-0.39, 0.29) is 17.3 Å². The van der Waals surface area contributed by atoms with Gasteiger partial charge >= 0.3 is 0 Å². The summed E-state index contributed by atoms with van der Waals surface area (Å²) in [5.41, 5.74) is 4.91. The van der Waals surface area contributed by atoms with E-state index in [4.69, 9.17) is 5.73 Å².